The van der Waals surface area contributed by atoms with Gasteiger partial charge in [0.1, 0.15) is 11.5 Å². The number of hydrogen-bond donors (Lipinski definition) is 0. The highest BCUT2D eigenvalue weighted by Gasteiger charge is 2.32. The Kier molecular flexibility index (Phi) is 54.1. The van der Waals surface area contributed by atoms with Gasteiger partial charge in [0.15, 0.2) is 15.6 Å². The van der Waals surface area contributed by atoms with E-state index in [0.717, 1.165) is 125 Å². The molecule has 0 atom stereocenters. The van der Waals surface area contributed by atoms with E-state index in [1.54, 1.807) is 32.9 Å². The fourth-order valence-corrected chi connectivity index (χ4v) is 17.7. The molecule has 0 aliphatic rings. The Morgan fingerprint density at radius 3 is 0.860 bits per heavy atom. The summed E-state index contributed by atoms with van der Waals surface area (Å²) < 4.78 is 35.4. The number of hydrogen-bond acceptors (Lipinski definition) is 8. The van der Waals surface area contributed by atoms with Crippen LogP contribution < -0.4 is 9.47 Å². The van der Waals surface area contributed by atoms with Gasteiger partial charge in [-0.05, 0) is 296 Å². The van der Waals surface area contributed by atoms with Crippen molar-refractivity contribution < 1.29 is 22.7 Å². The third kappa shape index (κ3) is 70.6. The predicted octanol–water partition coefficient (Wildman–Crippen LogP) is 41.1. The molecule has 8 nitrogen and oxygen atoms in total. The van der Waals surface area contributed by atoms with Crippen LogP contribution in [0.1, 0.15) is 475 Å². The average Bonchev–Trinajstić information content (AvgIpc) is 0.791. The predicted molar refractivity (Wildman–Crippen MR) is 662 cm³/mol. The standard InChI is InChI=1S/C17H27ClO.C17H28O.C16H24O.2C16H26.C15H24O2S.C15H24.C14H24N2.C14H23N/c1-16(2,3)9-10-19-15-11-13(7-8-14(15)18)12-17(4,5)6;1-16(2,3)11-12-18-15-9-7-14(8-10-15)13-17(4,5)6;1-15(2,3)11-12-7-9-13(10-8-12)14(17)16(4,5)6;1-15(2,3)11-13-7-9-14(10-8-13)12-16(4,5)6;1-15(2,3)11-13-8-7-9-14(10-13)12-16(4,5)6;1-14(2,3)11-12-7-9-13(10-8-12)18(16,17)15(4,5)6;1-14(2,3)11-12-8-7-9-13(10-12)15(4,5)6;1-13(2,3)7-11-9-15-10-12(16-11)8-14(4,5)6;1-13(2,3)10-11-8-7-9-12(15-11)14(4,5)6/h7-8,11H,9-10,12H2,1-6H3;7-10H,11-13H2,1-6H3;7-10H,11H2,1-6H3;2*7-10H,11-12H2,1-6H3;7-10H,11H2,1-6H3;7-10H,11H2,1-6H3;9-10H,7-8H2,1-6H3;7-9H,10H2,1-6H3. The van der Waals surface area contributed by atoms with Crippen molar-refractivity contribution in [3.05, 3.63) is 283 Å². The van der Waals surface area contributed by atoms with Gasteiger partial charge in [-0.1, -0.05) is 498 Å². The zero-order chi connectivity index (χ0) is 117. The number of ether oxygens (including phenoxy) is 2. The molecule has 0 amide bonds. The van der Waals surface area contributed by atoms with Crippen LogP contribution in [0.4, 0.5) is 0 Å². The molecule has 2 heterocycles. The Labute approximate surface area is 931 Å². The minimum absolute atomic E-state index is 0.147. The largest absolute Gasteiger partial charge is 0.494 e. The van der Waals surface area contributed by atoms with Crippen LogP contribution in [0.15, 0.2) is 199 Å². The molecule has 0 saturated carbocycles. The van der Waals surface area contributed by atoms with Crippen molar-refractivity contribution in [2.45, 2.75) is 484 Å². The summed E-state index contributed by atoms with van der Waals surface area (Å²) in [7, 11) is -3.24. The van der Waals surface area contributed by atoms with Gasteiger partial charge in [0.05, 0.1) is 39.3 Å². The summed E-state index contributed by atoms with van der Waals surface area (Å²) in [6.07, 6.45) is 18.8. The number of carbonyl (C=O) groups is 1. The molecule has 0 N–H and O–H groups in total. The van der Waals surface area contributed by atoms with Crippen LogP contribution in [0.5, 0.6) is 11.5 Å². The number of sulfone groups is 1. The molecule has 0 unspecified atom stereocenters. The molecule has 9 aromatic rings. The van der Waals surface area contributed by atoms with Crippen molar-refractivity contribution in [1.29, 1.82) is 0 Å². The summed E-state index contributed by atoms with van der Waals surface area (Å²) in [6, 6.07) is 63.5. The van der Waals surface area contributed by atoms with Gasteiger partial charge in [0, 0.05) is 40.2 Å². The second-order valence-electron chi connectivity index (χ2n) is 64.0. The minimum Gasteiger partial charge on any atom is -0.494 e. The van der Waals surface area contributed by atoms with Crippen LogP contribution >= 0.6 is 11.6 Å². The molecule has 0 bridgehead atoms. The summed E-state index contributed by atoms with van der Waals surface area (Å²) in [5.74, 6) is 2.00. The van der Waals surface area contributed by atoms with Crippen LogP contribution in [-0.2, 0) is 97.7 Å². The van der Waals surface area contributed by atoms with E-state index in [4.69, 9.17) is 26.1 Å². The molecule has 0 aliphatic carbocycles. The molecular formula is C140H226ClN3O5S. The highest BCUT2D eigenvalue weighted by Crippen LogP contribution is 2.37. The number of pyridine rings is 1. The molecule has 844 valence electrons. The first-order chi connectivity index (χ1) is 67.1. The third-order valence-corrected chi connectivity index (χ3v) is 25.8. The smallest absolute Gasteiger partial charge is 0.183 e. The number of aromatic nitrogens is 3. The van der Waals surface area contributed by atoms with Gasteiger partial charge in [-0.25, -0.2) is 8.42 Å². The molecule has 7 aromatic carbocycles. The number of nitrogens with zero attached hydrogens (tertiary/aromatic N) is 3. The van der Waals surface area contributed by atoms with E-state index in [0.29, 0.717) is 59.8 Å². The van der Waals surface area contributed by atoms with Gasteiger partial charge in [-0.3, -0.25) is 19.7 Å². The van der Waals surface area contributed by atoms with Crippen molar-refractivity contribution in [3.63, 3.8) is 0 Å². The number of ketones is 1. The van der Waals surface area contributed by atoms with E-state index in [1.807, 2.05) is 63.5 Å². The molecular weight excluding hydrogens is 1870 g/mol. The van der Waals surface area contributed by atoms with Gasteiger partial charge in [-0.2, -0.15) is 0 Å². The summed E-state index contributed by atoms with van der Waals surface area (Å²) in [5, 5.41) is 0.701. The van der Waals surface area contributed by atoms with Gasteiger partial charge in [0.2, 0.25) is 0 Å². The Balaban J connectivity index is 0.000000845. The zero-order valence-electron chi connectivity index (χ0n) is 107. The van der Waals surface area contributed by atoms with Crippen molar-refractivity contribution in [1.82, 2.24) is 15.0 Å². The van der Waals surface area contributed by atoms with Gasteiger partial charge in [0.25, 0.3) is 0 Å². The highest BCUT2D eigenvalue weighted by molar-refractivity contribution is 7.92. The number of benzene rings is 7. The van der Waals surface area contributed by atoms with E-state index >= 15 is 0 Å². The van der Waals surface area contributed by atoms with Crippen LogP contribution in [0.2, 0.25) is 5.02 Å². The monoisotopic (exact) mass is 2100 g/mol. The van der Waals surface area contributed by atoms with Crippen LogP contribution in [-0.4, -0.2) is 47.1 Å². The summed E-state index contributed by atoms with van der Waals surface area (Å²) in [4.78, 5) is 26.2. The Bertz CT molecular complexity index is 5250. The maximum atomic E-state index is 12.3. The summed E-state index contributed by atoms with van der Waals surface area (Å²) >= 11 is 6.19. The fourth-order valence-electron chi connectivity index (χ4n) is 16.3. The number of halogens is 1. The van der Waals surface area contributed by atoms with E-state index < -0.39 is 14.6 Å². The lowest BCUT2D eigenvalue weighted by Gasteiger charge is -2.22. The first-order valence-electron chi connectivity index (χ1n) is 56.2. The molecule has 0 spiro atoms. The van der Waals surface area contributed by atoms with E-state index in [9.17, 15) is 13.2 Å². The number of Topliss-reactive ketones (excluding diaryl/α,β-unsaturated/α-hetero) is 1. The maximum absolute atomic E-state index is 12.3. The molecule has 0 radical (unpaired) electrons. The van der Waals surface area contributed by atoms with Gasteiger partial charge in [-0.15, -0.1) is 0 Å². The normalized spacial score (nSPS) is 12.9. The van der Waals surface area contributed by atoms with Crippen molar-refractivity contribution in [2.75, 3.05) is 13.2 Å². The number of rotatable bonds is 20. The molecule has 10 heteroatoms. The Hall–Kier alpha value is -7.72. The van der Waals surface area contributed by atoms with Gasteiger partial charge < -0.3 is 9.47 Å². The second-order valence-corrected chi connectivity index (χ2v) is 67.1. The molecule has 0 saturated heterocycles. The van der Waals surface area contributed by atoms with E-state index in [1.165, 1.54) is 67.0 Å². The number of carbonyl (C=O) groups excluding carboxylic acids is 1. The molecule has 0 fully saturated rings. The Morgan fingerprint density at radius 2 is 0.547 bits per heavy atom. The Morgan fingerprint density at radius 1 is 0.267 bits per heavy atom. The summed E-state index contributed by atoms with van der Waals surface area (Å²) in [5.41, 5.74) is 23.9. The summed E-state index contributed by atoms with van der Waals surface area (Å²) in [6.45, 7) is 121. The molecule has 0 aliphatic heterocycles. The van der Waals surface area contributed by atoms with Crippen molar-refractivity contribution in [3.8, 4) is 11.5 Å². The third-order valence-electron chi connectivity index (χ3n) is 22.9. The van der Waals surface area contributed by atoms with Crippen molar-refractivity contribution >= 4 is 27.2 Å². The van der Waals surface area contributed by atoms with Crippen molar-refractivity contribution in [2.24, 2.45) is 81.2 Å². The van der Waals surface area contributed by atoms with Crippen LogP contribution in [0.25, 0.3) is 0 Å². The lowest BCUT2D eigenvalue weighted by Crippen LogP contribution is -2.27. The SMILES string of the molecule is CC(C)(C)CCOc1cc(CC(C)(C)C)ccc1Cl.CC(C)(C)CCOc1ccc(CC(C)(C)C)cc1.CC(C)(C)Cc1ccc(C(=O)C(C)(C)C)cc1.CC(C)(C)Cc1ccc(CC(C)(C)C)cc1.CC(C)(C)Cc1ccc(S(=O)(=O)C(C)(C)C)cc1.CC(C)(C)Cc1cccc(C(C)(C)C)c1.CC(C)(C)Cc1cccc(C(C)(C)C)n1.CC(C)(C)Cc1cccc(CC(C)(C)C)c1.CC(C)(C)Cc1cncc(CC(C)(C)C)n1. The maximum Gasteiger partial charge on any atom is 0.183 e. The topological polar surface area (TPSA) is 108 Å². The molecule has 150 heavy (non-hydrogen) atoms. The second kappa shape index (κ2) is 57.8. The molecule has 9 rings (SSSR count). The lowest BCUT2D eigenvalue weighted by atomic mass is 9.83. The van der Waals surface area contributed by atoms with Crippen LogP contribution in [0.3, 0.4) is 0 Å². The quantitative estimate of drug-likeness (QED) is 0.0695. The van der Waals surface area contributed by atoms with E-state index in [-0.39, 0.29) is 54.5 Å². The lowest BCUT2D eigenvalue weighted by molar-refractivity contribution is 0.0858. The zero-order valence-corrected chi connectivity index (χ0v) is 109. The van der Waals surface area contributed by atoms with Crippen LogP contribution in [0, 0.1) is 81.2 Å². The van der Waals surface area contributed by atoms with Gasteiger partial charge >= 0.3 is 0 Å². The average molecular weight is 2100 g/mol. The fraction of sp³-hybridized carbons (Fsp3) is 0.629. The minimum atomic E-state index is -3.24. The first kappa shape index (κ1) is 140. The first-order valence-corrected chi connectivity index (χ1v) is 58.1. The van der Waals surface area contributed by atoms with E-state index in [2.05, 4.69) is 482 Å². The molecule has 2 aromatic heterocycles. The highest BCUT2D eigenvalue weighted by atomic mass is 35.5.